The zero-order valence-electron chi connectivity index (χ0n) is 15.5. The molecule has 8 heteroatoms. The molecule has 29 heavy (non-hydrogen) atoms. The van der Waals surface area contributed by atoms with Gasteiger partial charge in [-0.3, -0.25) is 0 Å². The molecule has 2 atom stereocenters. The van der Waals surface area contributed by atoms with Crippen molar-refractivity contribution in [2.75, 3.05) is 5.75 Å². The quantitative estimate of drug-likeness (QED) is 0.443. The number of aliphatic hydroxyl groups is 1. The van der Waals surface area contributed by atoms with Gasteiger partial charge in [0.05, 0.1) is 22.1 Å². The molecule has 0 aliphatic heterocycles. The van der Waals surface area contributed by atoms with E-state index in [4.69, 9.17) is 0 Å². The number of halogens is 1. The standard InChI is InChI=1S/C21H21BrN2O3S2/c22-17-9-11-18(12-10-17)29(26,27)24-19(14-16-6-2-1-3-7-16)20(25)15-28-21-8-4-5-13-23-21/h1-13,19-20,24-25H,14-15H2/t19-,20+/m0/s1. The number of nitrogens with zero attached hydrogens (tertiary/aromatic N) is 1. The van der Waals surface area contributed by atoms with E-state index in [2.05, 4.69) is 25.6 Å². The van der Waals surface area contributed by atoms with Crippen molar-refractivity contribution in [2.45, 2.75) is 28.5 Å². The van der Waals surface area contributed by atoms with Crippen LogP contribution in [0.5, 0.6) is 0 Å². The molecule has 2 N–H and O–H groups in total. The third-order valence-electron chi connectivity index (χ3n) is 4.23. The van der Waals surface area contributed by atoms with Crippen LogP contribution in [0.4, 0.5) is 0 Å². The van der Waals surface area contributed by atoms with E-state index >= 15 is 0 Å². The number of pyridine rings is 1. The highest BCUT2D eigenvalue weighted by atomic mass is 79.9. The van der Waals surface area contributed by atoms with Crippen molar-refractivity contribution in [2.24, 2.45) is 0 Å². The number of aliphatic hydroxyl groups excluding tert-OH is 1. The fourth-order valence-electron chi connectivity index (χ4n) is 2.72. The van der Waals surface area contributed by atoms with Crippen LogP contribution in [-0.2, 0) is 16.4 Å². The number of thioether (sulfide) groups is 1. The van der Waals surface area contributed by atoms with Crippen LogP contribution in [-0.4, -0.2) is 36.4 Å². The molecule has 0 fully saturated rings. The van der Waals surface area contributed by atoms with Gasteiger partial charge in [0.2, 0.25) is 10.0 Å². The topological polar surface area (TPSA) is 79.3 Å². The highest BCUT2D eigenvalue weighted by Gasteiger charge is 2.26. The minimum Gasteiger partial charge on any atom is -0.391 e. The zero-order valence-corrected chi connectivity index (χ0v) is 18.7. The fraction of sp³-hybridized carbons (Fsp3) is 0.190. The molecule has 3 aromatic rings. The summed E-state index contributed by atoms with van der Waals surface area (Å²) in [5.41, 5.74) is 0.942. The van der Waals surface area contributed by atoms with E-state index in [0.717, 1.165) is 15.1 Å². The van der Waals surface area contributed by atoms with E-state index in [-0.39, 0.29) is 4.90 Å². The lowest BCUT2D eigenvalue weighted by atomic mass is 10.0. The summed E-state index contributed by atoms with van der Waals surface area (Å²) in [6.07, 6.45) is 1.17. The van der Waals surface area contributed by atoms with Gasteiger partial charge in [0, 0.05) is 16.4 Å². The number of nitrogens with one attached hydrogen (secondary N) is 1. The van der Waals surface area contributed by atoms with E-state index in [0.29, 0.717) is 12.2 Å². The summed E-state index contributed by atoms with van der Waals surface area (Å²) >= 11 is 4.70. The molecule has 152 valence electrons. The van der Waals surface area contributed by atoms with Crippen molar-refractivity contribution in [3.8, 4) is 0 Å². The first-order chi connectivity index (χ1) is 13.9. The van der Waals surface area contributed by atoms with Crippen molar-refractivity contribution in [3.63, 3.8) is 0 Å². The summed E-state index contributed by atoms with van der Waals surface area (Å²) in [5.74, 6) is 0.317. The normalized spacial score (nSPS) is 13.7. The average molecular weight is 493 g/mol. The monoisotopic (exact) mass is 492 g/mol. The molecule has 3 rings (SSSR count). The van der Waals surface area contributed by atoms with Crippen LogP contribution >= 0.6 is 27.7 Å². The first-order valence-electron chi connectivity index (χ1n) is 8.98. The molecule has 0 saturated carbocycles. The third kappa shape index (κ3) is 6.65. The third-order valence-corrected chi connectivity index (χ3v) is 7.31. The van der Waals surface area contributed by atoms with Gasteiger partial charge in [-0.25, -0.2) is 18.1 Å². The Balaban J connectivity index is 1.77. The van der Waals surface area contributed by atoms with Crippen molar-refractivity contribution in [3.05, 3.63) is 89.0 Å². The number of rotatable bonds is 9. The molecule has 0 spiro atoms. The molecule has 5 nitrogen and oxygen atoms in total. The second kappa shape index (κ2) is 10.4. The predicted octanol–water partition coefficient (Wildman–Crippen LogP) is 3.89. The SMILES string of the molecule is O=S(=O)(N[C@@H](Cc1ccccc1)[C@H](O)CSc1ccccn1)c1ccc(Br)cc1. The Hall–Kier alpha value is -1.71. The maximum absolute atomic E-state index is 12.9. The molecule has 0 amide bonds. The smallest absolute Gasteiger partial charge is 0.240 e. The van der Waals surface area contributed by atoms with Gasteiger partial charge < -0.3 is 5.11 Å². The Kier molecular flexibility index (Phi) is 7.85. The Morgan fingerprint density at radius 1 is 1.00 bits per heavy atom. The highest BCUT2D eigenvalue weighted by molar-refractivity contribution is 9.10. The highest BCUT2D eigenvalue weighted by Crippen LogP contribution is 2.20. The summed E-state index contributed by atoms with van der Waals surface area (Å²) in [7, 11) is -3.78. The number of sulfonamides is 1. The molecule has 0 bridgehead atoms. The van der Waals surface area contributed by atoms with Gasteiger partial charge in [0.15, 0.2) is 0 Å². The van der Waals surface area contributed by atoms with Gasteiger partial charge in [0.1, 0.15) is 0 Å². The van der Waals surface area contributed by atoms with E-state index in [1.807, 2.05) is 48.5 Å². The number of aromatic nitrogens is 1. The van der Waals surface area contributed by atoms with Gasteiger partial charge in [-0.15, -0.1) is 11.8 Å². The molecular weight excluding hydrogens is 472 g/mol. The lowest BCUT2D eigenvalue weighted by Crippen LogP contribution is -2.45. The van der Waals surface area contributed by atoms with Gasteiger partial charge in [0.25, 0.3) is 0 Å². The van der Waals surface area contributed by atoms with Crippen LogP contribution in [0, 0.1) is 0 Å². The van der Waals surface area contributed by atoms with Crippen LogP contribution in [0.15, 0.2) is 93.4 Å². The summed E-state index contributed by atoms with van der Waals surface area (Å²) < 4.78 is 29.2. The molecule has 0 aliphatic carbocycles. The molecule has 0 radical (unpaired) electrons. The van der Waals surface area contributed by atoms with Crippen molar-refractivity contribution >= 4 is 37.7 Å². The maximum Gasteiger partial charge on any atom is 0.240 e. The van der Waals surface area contributed by atoms with Gasteiger partial charge in [-0.1, -0.05) is 52.3 Å². The summed E-state index contributed by atoms with van der Waals surface area (Å²) in [6.45, 7) is 0. The first kappa shape index (κ1) is 22.0. The van der Waals surface area contributed by atoms with Gasteiger partial charge >= 0.3 is 0 Å². The van der Waals surface area contributed by atoms with Crippen molar-refractivity contribution in [1.82, 2.24) is 9.71 Å². The summed E-state index contributed by atoms with van der Waals surface area (Å²) in [6, 6.07) is 20.8. The fourth-order valence-corrected chi connectivity index (χ4v) is 5.14. The molecule has 1 aromatic heterocycles. The molecule has 0 unspecified atom stereocenters. The van der Waals surface area contributed by atoms with E-state index < -0.39 is 22.2 Å². The van der Waals surface area contributed by atoms with Gasteiger partial charge in [-0.05, 0) is 48.4 Å². The lowest BCUT2D eigenvalue weighted by Gasteiger charge is -2.24. The first-order valence-corrected chi connectivity index (χ1v) is 12.2. The molecule has 1 heterocycles. The van der Waals surface area contributed by atoms with Crippen LogP contribution < -0.4 is 4.72 Å². The number of hydrogen-bond acceptors (Lipinski definition) is 5. The van der Waals surface area contributed by atoms with Gasteiger partial charge in [-0.2, -0.15) is 0 Å². The van der Waals surface area contributed by atoms with Crippen LogP contribution in [0.2, 0.25) is 0 Å². The molecular formula is C21H21BrN2O3S2. The second-order valence-electron chi connectivity index (χ2n) is 6.42. The summed E-state index contributed by atoms with van der Waals surface area (Å²) in [4.78, 5) is 4.39. The molecule has 0 saturated heterocycles. The van der Waals surface area contributed by atoms with Crippen molar-refractivity contribution in [1.29, 1.82) is 0 Å². The van der Waals surface area contributed by atoms with Crippen LogP contribution in [0.3, 0.4) is 0 Å². The van der Waals surface area contributed by atoms with Crippen LogP contribution in [0.25, 0.3) is 0 Å². The van der Waals surface area contributed by atoms with Crippen LogP contribution in [0.1, 0.15) is 5.56 Å². The number of hydrogen-bond donors (Lipinski definition) is 2. The minimum absolute atomic E-state index is 0.156. The van der Waals surface area contributed by atoms with Crippen molar-refractivity contribution < 1.29 is 13.5 Å². The Labute approximate surface area is 183 Å². The number of benzene rings is 2. The van der Waals surface area contributed by atoms with E-state index in [1.54, 1.807) is 18.3 Å². The predicted molar refractivity (Wildman–Crippen MR) is 119 cm³/mol. The minimum atomic E-state index is -3.78. The Morgan fingerprint density at radius 3 is 2.34 bits per heavy atom. The average Bonchev–Trinajstić information content (AvgIpc) is 2.73. The second-order valence-corrected chi connectivity index (χ2v) is 10.1. The Morgan fingerprint density at radius 2 is 1.69 bits per heavy atom. The maximum atomic E-state index is 12.9. The van der Waals surface area contributed by atoms with E-state index in [1.165, 1.54) is 23.9 Å². The van der Waals surface area contributed by atoms with E-state index in [9.17, 15) is 13.5 Å². The summed E-state index contributed by atoms with van der Waals surface area (Å²) in [5, 5.41) is 11.6. The lowest BCUT2D eigenvalue weighted by molar-refractivity contribution is 0.160. The largest absolute Gasteiger partial charge is 0.391 e. The molecule has 2 aromatic carbocycles. The Bertz CT molecular complexity index is 1000. The zero-order chi connectivity index (χ0) is 20.7. The molecule has 0 aliphatic rings.